The zero-order valence-corrected chi connectivity index (χ0v) is 17.0. The number of benzene rings is 1. The predicted molar refractivity (Wildman–Crippen MR) is 107 cm³/mol. The van der Waals surface area contributed by atoms with Crippen molar-refractivity contribution in [3.63, 3.8) is 0 Å². The molecule has 27 heavy (non-hydrogen) atoms. The smallest absolute Gasteiger partial charge is 0.225 e. The minimum Gasteiger partial charge on any atom is -0.497 e. The van der Waals surface area contributed by atoms with Crippen LogP contribution in [0.4, 0.5) is 0 Å². The van der Waals surface area contributed by atoms with Crippen LogP contribution in [0.15, 0.2) is 29.3 Å². The van der Waals surface area contributed by atoms with Crippen LogP contribution in [0.3, 0.4) is 0 Å². The van der Waals surface area contributed by atoms with E-state index in [-0.39, 0.29) is 24.0 Å². The normalized spacial score (nSPS) is 18.4. The molecule has 0 aliphatic carbocycles. The zero-order chi connectivity index (χ0) is 19.8. The third kappa shape index (κ3) is 6.34. The fourth-order valence-electron chi connectivity index (χ4n) is 3.02. The summed E-state index contributed by atoms with van der Waals surface area (Å²) in [5.74, 6) is 2.51. The van der Waals surface area contributed by atoms with Gasteiger partial charge in [0.05, 0.1) is 13.7 Å². The summed E-state index contributed by atoms with van der Waals surface area (Å²) in [6, 6.07) is 7.77. The quantitative estimate of drug-likeness (QED) is 0.561. The van der Waals surface area contributed by atoms with Gasteiger partial charge in [-0.3, -0.25) is 9.79 Å². The molecule has 7 heteroatoms. The highest BCUT2D eigenvalue weighted by molar-refractivity contribution is 5.81. The summed E-state index contributed by atoms with van der Waals surface area (Å²) < 4.78 is 11.1. The number of likely N-dealkylation sites (tertiary alicyclic amines) is 1. The summed E-state index contributed by atoms with van der Waals surface area (Å²) >= 11 is 0. The van der Waals surface area contributed by atoms with E-state index in [2.05, 4.69) is 15.6 Å². The van der Waals surface area contributed by atoms with Crippen LogP contribution in [0, 0.1) is 5.92 Å². The molecule has 1 fully saturated rings. The number of hydrogen-bond acceptors (Lipinski definition) is 4. The lowest BCUT2D eigenvalue weighted by Crippen LogP contribution is -2.47. The van der Waals surface area contributed by atoms with Crippen molar-refractivity contribution < 1.29 is 14.3 Å². The Bertz CT molecular complexity index is 648. The lowest BCUT2D eigenvalue weighted by atomic mass is 10.2. The first-order valence-corrected chi connectivity index (χ1v) is 9.49. The average molecular weight is 377 g/mol. The second kappa shape index (κ2) is 10.0. The Balaban J connectivity index is 1.77. The van der Waals surface area contributed by atoms with Crippen molar-refractivity contribution >= 4 is 11.9 Å². The highest BCUT2D eigenvalue weighted by atomic mass is 16.5. The minimum atomic E-state index is -0.0433. The van der Waals surface area contributed by atoms with Crippen LogP contribution in [0.2, 0.25) is 0 Å². The molecule has 0 radical (unpaired) electrons. The number of carbonyl (C=O) groups excluding carboxylic acids is 1. The van der Waals surface area contributed by atoms with Crippen LogP contribution >= 0.6 is 0 Å². The highest BCUT2D eigenvalue weighted by Gasteiger charge is 2.28. The fraction of sp³-hybridized carbons (Fsp3) is 0.600. The Hall–Kier alpha value is -2.44. The standard InChI is InChI=1S/C20H32N4O3/c1-14(2)19(25)24-10-9-16(13-24)23-20(21-4)22-12-15(3)27-18-8-6-7-17(11-18)26-5/h6-8,11,14-16H,9-10,12-13H2,1-5H3,(H2,21,22,23). The van der Waals surface area contributed by atoms with E-state index in [0.717, 1.165) is 30.4 Å². The number of nitrogens with one attached hydrogen (secondary N) is 2. The van der Waals surface area contributed by atoms with E-state index in [1.807, 2.05) is 49.9 Å². The van der Waals surface area contributed by atoms with Crippen LogP contribution in [0.25, 0.3) is 0 Å². The monoisotopic (exact) mass is 376 g/mol. The Morgan fingerprint density at radius 1 is 1.33 bits per heavy atom. The third-order valence-electron chi connectivity index (χ3n) is 4.49. The van der Waals surface area contributed by atoms with Gasteiger partial charge in [-0.1, -0.05) is 19.9 Å². The van der Waals surface area contributed by atoms with E-state index in [1.54, 1.807) is 14.2 Å². The molecular formula is C20H32N4O3. The van der Waals surface area contributed by atoms with Crippen molar-refractivity contribution in [1.82, 2.24) is 15.5 Å². The Kier molecular flexibility index (Phi) is 7.76. The minimum absolute atomic E-state index is 0.0378. The van der Waals surface area contributed by atoms with Crippen molar-refractivity contribution in [3.8, 4) is 11.5 Å². The van der Waals surface area contributed by atoms with Gasteiger partial charge in [0.25, 0.3) is 0 Å². The Morgan fingerprint density at radius 3 is 2.74 bits per heavy atom. The molecule has 1 heterocycles. The number of aliphatic imine (C=N–C) groups is 1. The molecule has 150 valence electrons. The highest BCUT2D eigenvalue weighted by Crippen LogP contribution is 2.19. The van der Waals surface area contributed by atoms with Crippen molar-refractivity contribution in [2.75, 3.05) is 33.8 Å². The topological polar surface area (TPSA) is 75.2 Å². The second-order valence-corrected chi connectivity index (χ2v) is 7.13. The first kappa shape index (κ1) is 20.9. The molecule has 2 unspecified atom stereocenters. The maximum Gasteiger partial charge on any atom is 0.225 e. The largest absolute Gasteiger partial charge is 0.497 e. The van der Waals surface area contributed by atoms with Crippen molar-refractivity contribution in [3.05, 3.63) is 24.3 Å². The van der Waals surface area contributed by atoms with Crippen LogP contribution in [-0.4, -0.2) is 62.7 Å². The first-order chi connectivity index (χ1) is 12.9. The molecule has 2 rings (SSSR count). The summed E-state index contributed by atoms with van der Waals surface area (Å²) in [4.78, 5) is 18.3. The Morgan fingerprint density at radius 2 is 2.07 bits per heavy atom. The number of amides is 1. The molecule has 1 aliphatic rings. The summed E-state index contributed by atoms with van der Waals surface area (Å²) in [5, 5.41) is 6.69. The number of hydrogen-bond donors (Lipinski definition) is 2. The van der Waals surface area contributed by atoms with Gasteiger partial charge in [-0.2, -0.15) is 0 Å². The van der Waals surface area contributed by atoms with Crippen LogP contribution < -0.4 is 20.1 Å². The molecular weight excluding hydrogens is 344 g/mol. The third-order valence-corrected chi connectivity index (χ3v) is 4.49. The van der Waals surface area contributed by atoms with Gasteiger partial charge in [0, 0.05) is 38.2 Å². The van der Waals surface area contributed by atoms with Gasteiger partial charge in [0.2, 0.25) is 5.91 Å². The molecule has 2 N–H and O–H groups in total. The SMILES string of the molecule is CN=C(NCC(C)Oc1cccc(OC)c1)NC1CCN(C(=O)C(C)C)C1. The van der Waals surface area contributed by atoms with E-state index in [4.69, 9.17) is 9.47 Å². The Labute approximate surface area is 162 Å². The molecule has 1 saturated heterocycles. The number of carbonyl (C=O) groups is 1. The van der Waals surface area contributed by atoms with E-state index in [9.17, 15) is 4.79 Å². The van der Waals surface area contributed by atoms with Gasteiger partial charge in [0.1, 0.15) is 17.6 Å². The van der Waals surface area contributed by atoms with Crippen LogP contribution in [0.1, 0.15) is 27.2 Å². The first-order valence-electron chi connectivity index (χ1n) is 9.49. The van der Waals surface area contributed by atoms with Gasteiger partial charge in [-0.15, -0.1) is 0 Å². The molecule has 7 nitrogen and oxygen atoms in total. The molecule has 0 bridgehead atoms. The van der Waals surface area contributed by atoms with Gasteiger partial charge >= 0.3 is 0 Å². The van der Waals surface area contributed by atoms with Crippen molar-refractivity contribution in [2.24, 2.45) is 10.9 Å². The van der Waals surface area contributed by atoms with E-state index < -0.39 is 0 Å². The molecule has 1 aromatic carbocycles. The molecule has 0 spiro atoms. The number of methoxy groups -OCH3 is 1. The zero-order valence-electron chi connectivity index (χ0n) is 17.0. The van der Waals surface area contributed by atoms with Crippen molar-refractivity contribution in [1.29, 1.82) is 0 Å². The van der Waals surface area contributed by atoms with Gasteiger partial charge in [0.15, 0.2) is 5.96 Å². The molecule has 1 aliphatic heterocycles. The average Bonchev–Trinajstić information content (AvgIpc) is 3.12. The van der Waals surface area contributed by atoms with Gasteiger partial charge in [-0.05, 0) is 25.5 Å². The van der Waals surface area contributed by atoms with E-state index >= 15 is 0 Å². The number of guanidine groups is 1. The molecule has 1 amide bonds. The van der Waals surface area contributed by atoms with Gasteiger partial charge in [-0.25, -0.2) is 0 Å². The summed E-state index contributed by atoms with van der Waals surface area (Å²) in [6.45, 7) is 7.99. The molecule has 2 atom stereocenters. The summed E-state index contributed by atoms with van der Waals surface area (Å²) in [5.41, 5.74) is 0. The van der Waals surface area contributed by atoms with E-state index in [1.165, 1.54) is 0 Å². The van der Waals surface area contributed by atoms with Crippen molar-refractivity contribution in [2.45, 2.75) is 39.3 Å². The number of ether oxygens (including phenoxy) is 2. The predicted octanol–water partition coefficient (Wildman–Crippen LogP) is 1.88. The summed E-state index contributed by atoms with van der Waals surface area (Å²) in [7, 11) is 3.38. The number of rotatable bonds is 7. The fourth-order valence-corrected chi connectivity index (χ4v) is 3.02. The van der Waals surface area contributed by atoms with Crippen LogP contribution in [-0.2, 0) is 4.79 Å². The maximum atomic E-state index is 12.1. The van der Waals surface area contributed by atoms with E-state index in [0.29, 0.717) is 13.1 Å². The summed E-state index contributed by atoms with van der Waals surface area (Å²) in [6.07, 6.45) is 0.882. The lowest BCUT2D eigenvalue weighted by molar-refractivity contribution is -0.133. The molecule has 0 aromatic heterocycles. The van der Waals surface area contributed by atoms with Crippen LogP contribution in [0.5, 0.6) is 11.5 Å². The number of nitrogens with zero attached hydrogens (tertiary/aromatic N) is 2. The maximum absolute atomic E-state index is 12.1. The lowest BCUT2D eigenvalue weighted by Gasteiger charge is -2.21. The van der Waals surface area contributed by atoms with Gasteiger partial charge < -0.3 is 25.0 Å². The molecule has 0 saturated carbocycles. The molecule has 1 aromatic rings. The second-order valence-electron chi connectivity index (χ2n) is 7.13.